The predicted molar refractivity (Wildman–Crippen MR) is 57.3 cm³/mol. The molecule has 0 aromatic rings. The first kappa shape index (κ1) is 12.0. The Balaban J connectivity index is 2.10. The van der Waals surface area contributed by atoms with Gasteiger partial charge in [-0.1, -0.05) is 6.92 Å². The van der Waals surface area contributed by atoms with E-state index in [4.69, 9.17) is 15.2 Å². The number of ether oxygens (including phenoxy) is 2. The van der Waals surface area contributed by atoms with Crippen molar-refractivity contribution >= 4 is 0 Å². The molecule has 1 aliphatic rings. The van der Waals surface area contributed by atoms with Gasteiger partial charge in [-0.25, -0.2) is 0 Å². The van der Waals surface area contributed by atoms with E-state index in [-0.39, 0.29) is 0 Å². The van der Waals surface area contributed by atoms with E-state index in [1.54, 1.807) is 0 Å². The standard InChI is InChI=1S/C11H23NO2/c1-2-10(6-7-12)14-9-11-5-3-4-8-13-11/h10-11H,2-9,12H2,1H3. The fraction of sp³-hybridized carbons (Fsp3) is 1.00. The molecular formula is C11H23NO2. The maximum atomic E-state index is 5.77. The minimum atomic E-state index is 0.325. The minimum absolute atomic E-state index is 0.325. The fourth-order valence-corrected chi connectivity index (χ4v) is 1.77. The second-order valence-electron chi connectivity index (χ2n) is 3.93. The van der Waals surface area contributed by atoms with Crippen LogP contribution in [-0.4, -0.2) is 32.0 Å². The van der Waals surface area contributed by atoms with Crippen molar-refractivity contribution in [1.29, 1.82) is 0 Å². The second kappa shape index (κ2) is 7.21. The second-order valence-corrected chi connectivity index (χ2v) is 3.93. The Bertz CT molecular complexity index is 130. The summed E-state index contributed by atoms with van der Waals surface area (Å²) < 4.78 is 11.4. The average Bonchev–Trinajstić information content (AvgIpc) is 2.25. The van der Waals surface area contributed by atoms with Gasteiger partial charge in [-0.15, -0.1) is 0 Å². The van der Waals surface area contributed by atoms with Crippen molar-refractivity contribution in [3.05, 3.63) is 0 Å². The highest BCUT2D eigenvalue weighted by molar-refractivity contribution is 4.64. The smallest absolute Gasteiger partial charge is 0.0808 e. The highest BCUT2D eigenvalue weighted by Crippen LogP contribution is 2.14. The molecule has 1 fully saturated rings. The summed E-state index contributed by atoms with van der Waals surface area (Å²) in [6.07, 6.45) is 6.30. The molecule has 2 unspecified atom stereocenters. The van der Waals surface area contributed by atoms with Gasteiger partial charge in [-0.2, -0.15) is 0 Å². The van der Waals surface area contributed by atoms with Gasteiger partial charge in [0.15, 0.2) is 0 Å². The average molecular weight is 201 g/mol. The van der Waals surface area contributed by atoms with E-state index in [9.17, 15) is 0 Å². The third kappa shape index (κ3) is 4.40. The van der Waals surface area contributed by atoms with Crippen molar-refractivity contribution < 1.29 is 9.47 Å². The lowest BCUT2D eigenvalue weighted by atomic mass is 10.1. The van der Waals surface area contributed by atoms with Crippen LogP contribution in [0.5, 0.6) is 0 Å². The van der Waals surface area contributed by atoms with Crippen LogP contribution in [0.4, 0.5) is 0 Å². The molecule has 0 amide bonds. The van der Waals surface area contributed by atoms with Crippen molar-refractivity contribution in [2.45, 2.75) is 51.2 Å². The molecule has 1 rings (SSSR count). The highest BCUT2D eigenvalue weighted by Gasteiger charge is 2.15. The van der Waals surface area contributed by atoms with Crippen LogP contribution < -0.4 is 5.73 Å². The van der Waals surface area contributed by atoms with E-state index in [1.807, 2.05) is 0 Å². The first-order valence-electron chi connectivity index (χ1n) is 5.80. The molecule has 84 valence electrons. The lowest BCUT2D eigenvalue weighted by Crippen LogP contribution is -2.28. The number of hydrogen-bond acceptors (Lipinski definition) is 3. The Hall–Kier alpha value is -0.120. The van der Waals surface area contributed by atoms with E-state index < -0.39 is 0 Å². The Morgan fingerprint density at radius 2 is 2.36 bits per heavy atom. The van der Waals surface area contributed by atoms with Gasteiger partial charge in [0.2, 0.25) is 0 Å². The van der Waals surface area contributed by atoms with Gasteiger partial charge in [0, 0.05) is 6.61 Å². The van der Waals surface area contributed by atoms with Crippen molar-refractivity contribution in [1.82, 2.24) is 0 Å². The van der Waals surface area contributed by atoms with E-state index >= 15 is 0 Å². The summed E-state index contributed by atoms with van der Waals surface area (Å²) in [4.78, 5) is 0. The molecule has 2 N–H and O–H groups in total. The van der Waals surface area contributed by atoms with E-state index in [0.29, 0.717) is 18.8 Å². The zero-order chi connectivity index (χ0) is 10.2. The maximum absolute atomic E-state index is 5.77. The van der Waals surface area contributed by atoms with E-state index in [1.165, 1.54) is 12.8 Å². The van der Waals surface area contributed by atoms with Gasteiger partial charge in [-0.3, -0.25) is 0 Å². The van der Waals surface area contributed by atoms with Crippen LogP contribution >= 0.6 is 0 Å². The lowest BCUT2D eigenvalue weighted by Gasteiger charge is -2.24. The normalized spacial score (nSPS) is 24.9. The summed E-state index contributed by atoms with van der Waals surface area (Å²) in [5, 5.41) is 0. The molecule has 3 heteroatoms. The molecule has 0 aromatic heterocycles. The third-order valence-corrected chi connectivity index (χ3v) is 2.74. The molecule has 0 aliphatic carbocycles. The van der Waals surface area contributed by atoms with Gasteiger partial charge in [0.25, 0.3) is 0 Å². The zero-order valence-electron chi connectivity index (χ0n) is 9.21. The van der Waals surface area contributed by atoms with Crippen LogP contribution in [0.2, 0.25) is 0 Å². The summed E-state index contributed by atoms with van der Waals surface area (Å²) in [5.74, 6) is 0. The summed E-state index contributed by atoms with van der Waals surface area (Å²) >= 11 is 0. The van der Waals surface area contributed by atoms with Gasteiger partial charge in [0.05, 0.1) is 18.8 Å². The van der Waals surface area contributed by atoms with Crippen LogP contribution in [0.15, 0.2) is 0 Å². The summed E-state index contributed by atoms with van der Waals surface area (Å²) in [6, 6.07) is 0. The molecule has 0 spiro atoms. The minimum Gasteiger partial charge on any atom is -0.376 e. The molecular weight excluding hydrogens is 178 g/mol. The molecule has 0 aromatic carbocycles. The molecule has 14 heavy (non-hydrogen) atoms. The summed E-state index contributed by atoms with van der Waals surface area (Å²) in [5.41, 5.74) is 5.50. The fourth-order valence-electron chi connectivity index (χ4n) is 1.77. The van der Waals surface area contributed by atoms with Crippen LogP contribution in [-0.2, 0) is 9.47 Å². The molecule has 0 saturated carbocycles. The molecule has 1 saturated heterocycles. The first-order chi connectivity index (χ1) is 6.86. The quantitative estimate of drug-likeness (QED) is 0.711. The van der Waals surface area contributed by atoms with Crippen molar-refractivity contribution in [2.24, 2.45) is 5.73 Å². The molecule has 1 heterocycles. The molecule has 3 nitrogen and oxygen atoms in total. The summed E-state index contributed by atoms with van der Waals surface area (Å²) in [6.45, 7) is 4.51. The van der Waals surface area contributed by atoms with Gasteiger partial charge >= 0.3 is 0 Å². The van der Waals surface area contributed by atoms with Crippen LogP contribution in [0, 0.1) is 0 Å². The SMILES string of the molecule is CCC(CCN)OCC1CCCCO1. The molecule has 0 bridgehead atoms. The largest absolute Gasteiger partial charge is 0.376 e. The Kier molecular flexibility index (Phi) is 6.15. The van der Waals surface area contributed by atoms with Gasteiger partial charge in [0.1, 0.15) is 0 Å². The molecule has 0 radical (unpaired) electrons. The van der Waals surface area contributed by atoms with Crippen LogP contribution in [0.25, 0.3) is 0 Å². The van der Waals surface area contributed by atoms with E-state index in [2.05, 4.69) is 6.92 Å². The molecule has 1 aliphatic heterocycles. The maximum Gasteiger partial charge on any atom is 0.0808 e. The lowest BCUT2D eigenvalue weighted by molar-refractivity contribution is -0.0645. The van der Waals surface area contributed by atoms with E-state index in [0.717, 1.165) is 32.5 Å². The Morgan fingerprint density at radius 3 is 2.93 bits per heavy atom. The highest BCUT2D eigenvalue weighted by atomic mass is 16.5. The number of rotatable bonds is 6. The molecule has 2 atom stereocenters. The van der Waals surface area contributed by atoms with Crippen LogP contribution in [0.3, 0.4) is 0 Å². The van der Waals surface area contributed by atoms with Gasteiger partial charge < -0.3 is 15.2 Å². The first-order valence-corrected chi connectivity index (χ1v) is 5.80. The number of nitrogens with two attached hydrogens (primary N) is 1. The topological polar surface area (TPSA) is 44.5 Å². The number of hydrogen-bond donors (Lipinski definition) is 1. The zero-order valence-corrected chi connectivity index (χ0v) is 9.21. The third-order valence-electron chi connectivity index (χ3n) is 2.74. The van der Waals surface area contributed by atoms with Crippen molar-refractivity contribution in [2.75, 3.05) is 19.8 Å². The monoisotopic (exact) mass is 201 g/mol. The van der Waals surface area contributed by atoms with Gasteiger partial charge in [-0.05, 0) is 38.6 Å². The Labute approximate surface area is 86.9 Å². The van der Waals surface area contributed by atoms with Crippen molar-refractivity contribution in [3.63, 3.8) is 0 Å². The summed E-state index contributed by atoms with van der Waals surface area (Å²) in [7, 11) is 0. The Morgan fingerprint density at radius 1 is 1.50 bits per heavy atom. The van der Waals surface area contributed by atoms with Crippen molar-refractivity contribution in [3.8, 4) is 0 Å². The predicted octanol–water partition coefficient (Wildman–Crippen LogP) is 1.70. The van der Waals surface area contributed by atoms with Crippen LogP contribution in [0.1, 0.15) is 39.0 Å².